The molecule has 1 rings (SSSR count). The molecule has 0 amide bonds. The third-order valence-electron chi connectivity index (χ3n) is 2.69. The van der Waals surface area contributed by atoms with Gasteiger partial charge in [-0.1, -0.05) is 0 Å². The number of nitrogens with zero attached hydrogens (tertiary/aromatic N) is 2. The minimum Gasteiger partial charge on any atom is -0.351 e. The van der Waals surface area contributed by atoms with Gasteiger partial charge in [-0.15, -0.1) is 0 Å². The van der Waals surface area contributed by atoms with Gasteiger partial charge < -0.3 is 14.0 Å². The van der Waals surface area contributed by atoms with Crippen molar-refractivity contribution < 1.29 is 14.4 Å². The predicted molar refractivity (Wildman–Crippen MR) is 76.8 cm³/mol. The minimum atomic E-state index is -0.614. The molecule has 0 bridgehead atoms. The fourth-order valence-corrected chi connectivity index (χ4v) is 2.14. The second-order valence-electron chi connectivity index (χ2n) is 4.01. The highest BCUT2D eigenvalue weighted by Crippen LogP contribution is 2.22. The van der Waals surface area contributed by atoms with Crippen molar-refractivity contribution in [1.82, 2.24) is 4.57 Å². The molecule has 0 fully saturated rings. The van der Waals surface area contributed by atoms with Crippen LogP contribution in [0.5, 0.6) is 0 Å². The van der Waals surface area contributed by atoms with Crippen LogP contribution in [-0.2, 0) is 16.0 Å². The molecule has 1 heterocycles. The van der Waals surface area contributed by atoms with Gasteiger partial charge in [0.25, 0.3) is 11.2 Å². The zero-order chi connectivity index (χ0) is 15.3. The van der Waals surface area contributed by atoms with E-state index in [0.29, 0.717) is 18.8 Å². The Morgan fingerprint density at radius 2 is 1.95 bits per heavy atom. The predicted octanol–water partition coefficient (Wildman–Crippen LogP) is 2.23. The number of rotatable bonds is 7. The summed E-state index contributed by atoms with van der Waals surface area (Å²) in [5.41, 5.74) is -0.165. The maximum Gasteiger partial charge on any atom is 0.289 e. The number of halogens is 1. The van der Waals surface area contributed by atoms with Crippen molar-refractivity contribution in [2.75, 3.05) is 13.2 Å². The van der Waals surface area contributed by atoms with Crippen molar-refractivity contribution >= 4 is 21.6 Å². The van der Waals surface area contributed by atoms with E-state index in [9.17, 15) is 14.9 Å². The molecule has 1 aromatic rings. The average molecular weight is 349 g/mol. The van der Waals surface area contributed by atoms with Crippen molar-refractivity contribution in [3.05, 3.63) is 36.7 Å². The molecule has 0 aromatic carbocycles. The zero-order valence-corrected chi connectivity index (χ0v) is 13.2. The molecule has 0 atom stereocenters. The molecule has 0 saturated heterocycles. The van der Waals surface area contributed by atoms with E-state index in [0.717, 1.165) is 0 Å². The van der Waals surface area contributed by atoms with Gasteiger partial charge in [0.2, 0.25) is 0 Å². The van der Waals surface area contributed by atoms with E-state index in [4.69, 9.17) is 9.47 Å². The number of pyridine rings is 1. The molecule has 7 nitrogen and oxygen atoms in total. The lowest BCUT2D eigenvalue weighted by molar-refractivity contribution is -0.386. The van der Waals surface area contributed by atoms with Crippen LogP contribution in [0.3, 0.4) is 0 Å². The topological polar surface area (TPSA) is 83.6 Å². The van der Waals surface area contributed by atoms with Gasteiger partial charge >= 0.3 is 0 Å². The van der Waals surface area contributed by atoms with Crippen LogP contribution in [0.25, 0.3) is 0 Å². The van der Waals surface area contributed by atoms with Gasteiger partial charge in [0.05, 0.1) is 22.1 Å². The first kappa shape index (κ1) is 16.8. The standard InChI is InChI=1S/C12H17BrN2O5/c1-4-19-10(20-5-2)7-14-6-9(15(17)18)8(3)11(13)12(14)16/h6,10H,4-5,7H2,1-3H3. The fourth-order valence-electron chi connectivity index (χ4n) is 1.71. The van der Waals surface area contributed by atoms with Crippen LogP contribution in [0.1, 0.15) is 19.4 Å². The molecule has 0 aliphatic carbocycles. The number of hydrogen-bond acceptors (Lipinski definition) is 5. The lowest BCUT2D eigenvalue weighted by Gasteiger charge is -2.18. The summed E-state index contributed by atoms with van der Waals surface area (Å²) in [6.45, 7) is 6.09. The molecule has 0 N–H and O–H groups in total. The molecule has 0 spiro atoms. The minimum absolute atomic E-state index is 0.0975. The Morgan fingerprint density at radius 3 is 2.40 bits per heavy atom. The fraction of sp³-hybridized carbons (Fsp3) is 0.583. The summed E-state index contributed by atoms with van der Waals surface area (Å²) in [4.78, 5) is 22.6. The van der Waals surface area contributed by atoms with E-state index in [-0.39, 0.29) is 22.3 Å². The Labute approximate surface area is 124 Å². The highest BCUT2D eigenvalue weighted by atomic mass is 79.9. The lowest BCUT2D eigenvalue weighted by atomic mass is 10.2. The van der Waals surface area contributed by atoms with E-state index in [1.165, 1.54) is 17.7 Å². The monoisotopic (exact) mass is 348 g/mol. The third kappa shape index (κ3) is 3.87. The Bertz CT molecular complexity index is 537. The van der Waals surface area contributed by atoms with Crippen LogP contribution >= 0.6 is 15.9 Å². The van der Waals surface area contributed by atoms with Gasteiger partial charge in [0.15, 0.2) is 6.29 Å². The van der Waals surface area contributed by atoms with Gasteiger partial charge in [-0.25, -0.2) is 0 Å². The molecule has 0 unspecified atom stereocenters. The second kappa shape index (κ2) is 7.51. The van der Waals surface area contributed by atoms with Crippen molar-refractivity contribution in [2.24, 2.45) is 0 Å². The van der Waals surface area contributed by atoms with Crippen LogP contribution in [0, 0.1) is 17.0 Å². The summed E-state index contributed by atoms with van der Waals surface area (Å²) >= 11 is 3.10. The third-order valence-corrected chi connectivity index (χ3v) is 3.62. The molecule has 112 valence electrons. The first-order valence-corrected chi connectivity index (χ1v) is 6.98. The van der Waals surface area contributed by atoms with Crippen LogP contribution in [0.2, 0.25) is 0 Å². The van der Waals surface area contributed by atoms with Crippen LogP contribution in [0.4, 0.5) is 5.69 Å². The van der Waals surface area contributed by atoms with Gasteiger partial charge in [-0.05, 0) is 36.7 Å². The quantitative estimate of drug-likeness (QED) is 0.428. The van der Waals surface area contributed by atoms with Crippen molar-refractivity contribution in [1.29, 1.82) is 0 Å². The first-order chi connectivity index (χ1) is 9.42. The SMILES string of the molecule is CCOC(Cn1cc([N+](=O)[O-])c(C)c(Br)c1=O)OCC. The van der Waals surface area contributed by atoms with Crippen molar-refractivity contribution in [3.63, 3.8) is 0 Å². The molecular formula is C12H17BrN2O5. The maximum atomic E-state index is 12.1. The van der Waals surface area contributed by atoms with E-state index in [2.05, 4.69) is 15.9 Å². The zero-order valence-electron chi connectivity index (χ0n) is 11.6. The molecule has 1 aromatic heterocycles. The van der Waals surface area contributed by atoms with Crippen LogP contribution in [-0.4, -0.2) is 29.0 Å². The number of hydrogen-bond donors (Lipinski definition) is 0. The van der Waals surface area contributed by atoms with E-state index in [1.54, 1.807) is 0 Å². The number of aromatic nitrogens is 1. The summed E-state index contributed by atoms with van der Waals surface area (Å²) in [5, 5.41) is 11.0. The average Bonchev–Trinajstić information content (AvgIpc) is 2.39. The lowest BCUT2D eigenvalue weighted by Crippen LogP contribution is -2.31. The van der Waals surface area contributed by atoms with Gasteiger partial charge in [0.1, 0.15) is 0 Å². The highest BCUT2D eigenvalue weighted by Gasteiger charge is 2.20. The largest absolute Gasteiger partial charge is 0.351 e. The summed E-state index contributed by atoms with van der Waals surface area (Å²) in [7, 11) is 0. The second-order valence-corrected chi connectivity index (χ2v) is 4.80. The maximum absolute atomic E-state index is 12.1. The molecular weight excluding hydrogens is 332 g/mol. The highest BCUT2D eigenvalue weighted by molar-refractivity contribution is 9.10. The van der Waals surface area contributed by atoms with Gasteiger partial charge in [-0.3, -0.25) is 14.9 Å². The summed E-state index contributed by atoms with van der Waals surface area (Å²) in [5.74, 6) is 0. The Morgan fingerprint density at radius 1 is 1.40 bits per heavy atom. The van der Waals surface area contributed by atoms with Crippen molar-refractivity contribution in [3.8, 4) is 0 Å². The Hall–Kier alpha value is -1.25. The van der Waals surface area contributed by atoms with E-state index >= 15 is 0 Å². The molecule has 0 radical (unpaired) electrons. The van der Waals surface area contributed by atoms with Crippen LogP contribution < -0.4 is 5.56 Å². The van der Waals surface area contributed by atoms with Crippen LogP contribution in [0.15, 0.2) is 15.5 Å². The first-order valence-electron chi connectivity index (χ1n) is 6.19. The Kier molecular flexibility index (Phi) is 6.31. The van der Waals surface area contributed by atoms with E-state index in [1.807, 2.05) is 13.8 Å². The molecule has 8 heteroatoms. The van der Waals surface area contributed by atoms with Gasteiger partial charge in [0, 0.05) is 18.8 Å². The smallest absolute Gasteiger partial charge is 0.289 e. The van der Waals surface area contributed by atoms with Gasteiger partial charge in [-0.2, -0.15) is 0 Å². The summed E-state index contributed by atoms with van der Waals surface area (Å²) in [6, 6.07) is 0. The number of ether oxygens (including phenoxy) is 2. The summed E-state index contributed by atoms with van der Waals surface area (Å²) in [6.07, 6.45) is 0.602. The normalized spacial score (nSPS) is 11.1. The molecule has 0 saturated carbocycles. The molecule has 20 heavy (non-hydrogen) atoms. The number of nitro groups is 1. The van der Waals surface area contributed by atoms with Crippen molar-refractivity contribution in [2.45, 2.75) is 33.6 Å². The summed E-state index contributed by atoms with van der Waals surface area (Å²) < 4.78 is 12.1. The molecule has 0 aliphatic heterocycles. The van der Waals surface area contributed by atoms with E-state index < -0.39 is 11.2 Å². The molecule has 0 aliphatic rings. The Balaban J connectivity index is 3.17.